The summed E-state index contributed by atoms with van der Waals surface area (Å²) in [7, 11) is 3.80. The van der Waals surface area contributed by atoms with Crippen molar-refractivity contribution < 1.29 is 13.2 Å². The molecule has 6 heteroatoms. The van der Waals surface area contributed by atoms with Crippen molar-refractivity contribution in [3.05, 3.63) is 29.8 Å². The molecule has 19 heavy (non-hydrogen) atoms. The molecule has 0 amide bonds. The standard InChI is InChI=1S/C13H18ClNO3S/c1-15-8-4-6-12(9-15)18-13-7-3-2-5-11(13)10-19(14,16)17/h2-3,5,7,12H,4,6,8-10H2,1H3. The molecule has 106 valence electrons. The van der Waals surface area contributed by atoms with Crippen LogP contribution in [-0.2, 0) is 14.8 Å². The topological polar surface area (TPSA) is 46.6 Å². The number of nitrogens with zero attached hydrogens (tertiary/aromatic N) is 1. The van der Waals surface area contributed by atoms with Gasteiger partial charge in [-0.1, -0.05) is 18.2 Å². The fourth-order valence-electron chi connectivity index (χ4n) is 2.32. The molecule has 0 spiro atoms. The number of rotatable bonds is 4. The van der Waals surface area contributed by atoms with Crippen LogP contribution in [0.3, 0.4) is 0 Å². The molecule has 0 radical (unpaired) electrons. The normalized spacial score (nSPS) is 21.3. The zero-order valence-corrected chi connectivity index (χ0v) is 12.5. The Bertz CT molecular complexity index is 532. The Morgan fingerprint density at radius 2 is 2.16 bits per heavy atom. The van der Waals surface area contributed by atoms with E-state index in [4.69, 9.17) is 15.4 Å². The molecule has 2 rings (SSSR count). The highest BCUT2D eigenvalue weighted by molar-refractivity contribution is 8.13. The third kappa shape index (κ3) is 4.67. The zero-order valence-electron chi connectivity index (χ0n) is 10.9. The van der Waals surface area contributed by atoms with Gasteiger partial charge in [0.2, 0.25) is 9.05 Å². The Morgan fingerprint density at radius 3 is 2.84 bits per heavy atom. The highest BCUT2D eigenvalue weighted by Crippen LogP contribution is 2.25. The van der Waals surface area contributed by atoms with Gasteiger partial charge in [0, 0.05) is 22.8 Å². The van der Waals surface area contributed by atoms with Crippen LogP contribution in [0.15, 0.2) is 24.3 Å². The lowest BCUT2D eigenvalue weighted by Crippen LogP contribution is -2.38. The number of para-hydroxylation sites is 1. The van der Waals surface area contributed by atoms with Gasteiger partial charge in [-0.15, -0.1) is 0 Å². The summed E-state index contributed by atoms with van der Waals surface area (Å²) in [6.07, 6.45) is 2.20. The van der Waals surface area contributed by atoms with Crippen molar-refractivity contribution in [3.63, 3.8) is 0 Å². The first-order valence-corrected chi connectivity index (χ1v) is 8.77. The average Bonchev–Trinajstić information content (AvgIpc) is 2.30. The molecule has 0 aromatic heterocycles. The molecule has 0 aliphatic carbocycles. The molecule has 1 aromatic carbocycles. The van der Waals surface area contributed by atoms with Crippen molar-refractivity contribution in [3.8, 4) is 5.75 Å². The lowest BCUT2D eigenvalue weighted by Gasteiger charge is -2.30. The van der Waals surface area contributed by atoms with Crippen molar-refractivity contribution >= 4 is 19.7 Å². The lowest BCUT2D eigenvalue weighted by molar-refractivity contribution is 0.103. The number of hydrogen-bond acceptors (Lipinski definition) is 4. The summed E-state index contributed by atoms with van der Waals surface area (Å²) in [5.41, 5.74) is 0.616. The number of likely N-dealkylation sites (tertiary alicyclic amines) is 1. The molecule has 1 aromatic rings. The second-order valence-electron chi connectivity index (χ2n) is 4.94. The minimum absolute atomic E-state index is 0.109. The Labute approximate surface area is 118 Å². The van der Waals surface area contributed by atoms with Gasteiger partial charge in [-0.05, 0) is 32.5 Å². The van der Waals surface area contributed by atoms with Crippen LogP contribution in [0.4, 0.5) is 0 Å². The summed E-state index contributed by atoms with van der Waals surface area (Å²) in [6.45, 7) is 1.94. The third-order valence-electron chi connectivity index (χ3n) is 3.18. The molecule has 4 nitrogen and oxygen atoms in total. The molecular formula is C13H18ClNO3S. The Balaban J connectivity index is 2.11. The molecule has 1 fully saturated rings. The van der Waals surface area contributed by atoms with Crippen LogP contribution < -0.4 is 4.74 Å². The number of benzene rings is 1. The van der Waals surface area contributed by atoms with Gasteiger partial charge in [-0.2, -0.15) is 0 Å². The predicted octanol–water partition coefficient (Wildman–Crippen LogP) is 2.23. The zero-order chi connectivity index (χ0) is 13.9. The highest BCUT2D eigenvalue weighted by Gasteiger charge is 2.20. The van der Waals surface area contributed by atoms with Crippen LogP contribution in [-0.4, -0.2) is 39.6 Å². The molecule has 1 unspecified atom stereocenters. The molecule has 0 bridgehead atoms. The number of halogens is 1. The second kappa shape index (κ2) is 6.11. The number of piperidine rings is 1. The summed E-state index contributed by atoms with van der Waals surface area (Å²) in [6, 6.07) is 7.16. The van der Waals surface area contributed by atoms with Crippen molar-refractivity contribution in [2.24, 2.45) is 0 Å². The first-order valence-electron chi connectivity index (χ1n) is 6.29. The monoisotopic (exact) mass is 303 g/mol. The number of hydrogen-bond donors (Lipinski definition) is 0. The Hall–Kier alpha value is -0.780. The molecular weight excluding hydrogens is 286 g/mol. The summed E-state index contributed by atoms with van der Waals surface area (Å²) in [5, 5.41) is 0. The number of ether oxygens (including phenoxy) is 1. The van der Waals surface area contributed by atoms with Crippen LogP contribution in [0.25, 0.3) is 0 Å². The summed E-state index contributed by atoms with van der Waals surface area (Å²) >= 11 is 0. The highest BCUT2D eigenvalue weighted by atomic mass is 35.7. The van der Waals surface area contributed by atoms with Gasteiger partial charge < -0.3 is 9.64 Å². The SMILES string of the molecule is CN1CCCC(Oc2ccccc2CS(=O)(=O)Cl)C1. The molecule has 1 atom stereocenters. The van der Waals surface area contributed by atoms with Crippen LogP contribution in [0.2, 0.25) is 0 Å². The van der Waals surface area contributed by atoms with E-state index in [1.54, 1.807) is 18.2 Å². The van der Waals surface area contributed by atoms with Crippen LogP contribution in [0.5, 0.6) is 5.75 Å². The molecule has 0 N–H and O–H groups in total. The summed E-state index contributed by atoms with van der Waals surface area (Å²) < 4.78 is 28.3. The fraction of sp³-hybridized carbons (Fsp3) is 0.538. The second-order valence-corrected chi connectivity index (χ2v) is 7.71. The van der Waals surface area contributed by atoms with Gasteiger partial charge in [0.05, 0.1) is 5.75 Å². The maximum absolute atomic E-state index is 11.2. The summed E-state index contributed by atoms with van der Waals surface area (Å²) in [4.78, 5) is 2.22. The molecule has 1 aliphatic heterocycles. The summed E-state index contributed by atoms with van der Waals surface area (Å²) in [5.74, 6) is 0.417. The Morgan fingerprint density at radius 1 is 1.42 bits per heavy atom. The van der Waals surface area contributed by atoms with Crippen molar-refractivity contribution in [1.29, 1.82) is 0 Å². The average molecular weight is 304 g/mol. The number of likely N-dealkylation sites (N-methyl/N-ethyl adjacent to an activating group) is 1. The van der Waals surface area contributed by atoms with E-state index >= 15 is 0 Å². The minimum Gasteiger partial charge on any atom is -0.489 e. The lowest BCUT2D eigenvalue weighted by atomic mass is 10.1. The van der Waals surface area contributed by atoms with E-state index in [2.05, 4.69) is 11.9 Å². The molecule has 1 aliphatic rings. The first kappa shape index (κ1) is 14.6. The van der Waals surface area contributed by atoms with Gasteiger partial charge in [0.15, 0.2) is 0 Å². The minimum atomic E-state index is -3.57. The molecule has 0 saturated carbocycles. The maximum Gasteiger partial charge on any atom is 0.236 e. The maximum atomic E-state index is 11.2. The van der Waals surface area contributed by atoms with E-state index in [1.807, 2.05) is 6.07 Å². The van der Waals surface area contributed by atoms with Crippen LogP contribution in [0.1, 0.15) is 18.4 Å². The van der Waals surface area contributed by atoms with E-state index in [-0.39, 0.29) is 11.9 Å². The van der Waals surface area contributed by atoms with Crippen molar-refractivity contribution in [2.75, 3.05) is 20.1 Å². The van der Waals surface area contributed by atoms with Gasteiger partial charge in [0.25, 0.3) is 0 Å². The largest absolute Gasteiger partial charge is 0.489 e. The van der Waals surface area contributed by atoms with E-state index in [0.29, 0.717) is 11.3 Å². The van der Waals surface area contributed by atoms with Gasteiger partial charge in [-0.3, -0.25) is 0 Å². The quantitative estimate of drug-likeness (QED) is 0.800. The van der Waals surface area contributed by atoms with Crippen molar-refractivity contribution in [2.45, 2.75) is 24.7 Å². The van der Waals surface area contributed by atoms with Gasteiger partial charge >= 0.3 is 0 Å². The van der Waals surface area contributed by atoms with Crippen molar-refractivity contribution in [1.82, 2.24) is 4.90 Å². The molecule has 1 saturated heterocycles. The van der Waals surface area contributed by atoms with Gasteiger partial charge in [-0.25, -0.2) is 8.42 Å². The van der Waals surface area contributed by atoms with E-state index < -0.39 is 9.05 Å². The molecule has 1 heterocycles. The smallest absolute Gasteiger partial charge is 0.236 e. The van der Waals surface area contributed by atoms with E-state index in [0.717, 1.165) is 25.9 Å². The van der Waals surface area contributed by atoms with Crippen LogP contribution in [0, 0.1) is 0 Å². The third-order valence-corrected chi connectivity index (χ3v) is 4.16. The Kier molecular flexibility index (Phi) is 4.71. The van der Waals surface area contributed by atoms with Gasteiger partial charge in [0.1, 0.15) is 11.9 Å². The predicted molar refractivity (Wildman–Crippen MR) is 76.1 cm³/mol. The van der Waals surface area contributed by atoms with E-state index in [9.17, 15) is 8.42 Å². The van der Waals surface area contributed by atoms with E-state index in [1.165, 1.54) is 0 Å². The van der Waals surface area contributed by atoms with Crippen LogP contribution >= 0.6 is 10.7 Å². The first-order chi connectivity index (χ1) is 8.94. The fourth-order valence-corrected chi connectivity index (χ4v) is 3.28.